The maximum atomic E-state index is 12.0. The van der Waals surface area contributed by atoms with Crippen molar-refractivity contribution < 1.29 is 19.6 Å². The summed E-state index contributed by atoms with van der Waals surface area (Å²) >= 11 is 5.95. The number of aromatic hydroxyl groups is 1. The monoisotopic (exact) mass is 429 g/mol. The van der Waals surface area contributed by atoms with Gasteiger partial charge < -0.3 is 15.4 Å². The van der Waals surface area contributed by atoms with Crippen molar-refractivity contribution in [1.29, 1.82) is 0 Å². The molecule has 0 fully saturated rings. The van der Waals surface area contributed by atoms with Crippen molar-refractivity contribution in [1.82, 2.24) is 10.3 Å². The average Bonchev–Trinajstić information content (AvgIpc) is 3.04. The highest BCUT2D eigenvalue weighted by Crippen LogP contribution is 2.37. The summed E-state index contributed by atoms with van der Waals surface area (Å²) in [6.07, 6.45) is 0.328. The Kier molecular flexibility index (Phi) is 6.38. The summed E-state index contributed by atoms with van der Waals surface area (Å²) in [4.78, 5) is 36.9. The molecular weight excluding hydrogens is 414 g/mol. The summed E-state index contributed by atoms with van der Waals surface area (Å²) in [6.45, 7) is 0.232. The van der Waals surface area contributed by atoms with Crippen LogP contribution in [-0.2, 0) is 4.79 Å². The molecule has 2 amide bonds. The number of azo groups is 1. The van der Waals surface area contributed by atoms with E-state index in [1.807, 2.05) is 0 Å². The van der Waals surface area contributed by atoms with Crippen LogP contribution in [0.25, 0.3) is 10.9 Å². The highest BCUT2D eigenvalue weighted by molar-refractivity contribution is 6.33. The molecule has 0 spiro atoms. The van der Waals surface area contributed by atoms with Gasteiger partial charge in [-0.2, -0.15) is 0 Å². The number of halogens is 1. The molecule has 3 N–H and O–H groups in total. The summed E-state index contributed by atoms with van der Waals surface area (Å²) in [5.74, 6) is -1.27. The van der Waals surface area contributed by atoms with Gasteiger partial charge >= 0.3 is 0 Å². The summed E-state index contributed by atoms with van der Waals surface area (Å²) in [5.41, 5.74) is 0.517. The minimum absolute atomic E-state index is 0.00949. The number of carbonyl (C=O) groups excluding carboxylic acids is 2. The van der Waals surface area contributed by atoms with Gasteiger partial charge in [0.25, 0.3) is 17.5 Å². The van der Waals surface area contributed by atoms with Crippen molar-refractivity contribution in [3.63, 3.8) is 0 Å². The van der Waals surface area contributed by atoms with Crippen LogP contribution < -0.4 is 5.32 Å². The third kappa shape index (κ3) is 4.78. The Morgan fingerprint density at radius 2 is 2.00 bits per heavy atom. The Labute approximate surface area is 174 Å². The summed E-state index contributed by atoms with van der Waals surface area (Å²) in [5, 5.41) is 31.4. The molecular formula is C19H16ClN5O5. The van der Waals surface area contributed by atoms with Gasteiger partial charge in [-0.05, 0) is 24.6 Å². The number of nitrogens with one attached hydrogen (secondary N) is 2. The summed E-state index contributed by atoms with van der Waals surface area (Å²) in [7, 11) is 0. The van der Waals surface area contributed by atoms with Crippen LogP contribution in [0.5, 0.6) is 5.88 Å². The van der Waals surface area contributed by atoms with Crippen molar-refractivity contribution in [3.05, 3.63) is 63.2 Å². The largest absolute Gasteiger partial charge is 0.493 e. The predicted octanol–water partition coefficient (Wildman–Crippen LogP) is 4.26. The van der Waals surface area contributed by atoms with Crippen LogP contribution in [0, 0.1) is 10.1 Å². The first-order chi connectivity index (χ1) is 14.4. The molecule has 0 radical (unpaired) electrons. The van der Waals surface area contributed by atoms with Crippen LogP contribution in [0.3, 0.4) is 0 Å². The number of benzene rings is 2. The van der Waals surface area contributed by atoms with E-state index >= 15 is 0 Å². The normalized spacial score (nSPS) is 11.1. The third-order valence-electron chi connectivity index (χ3n) is 4.18. The third-order valence-corrected chi connectivity index (χ3v) is 4.51. The summed E-state index contributed by atoms with van der Waals surface area (Å²) < 4.78 is 0. The maximum Gasteiger partial charge on any atom is 0.270 e. The highest BCUT2D eigenvalue weighted by atomic mass is 35.5. The Morgan fingerprint density at radius 3 is 2.73 bits per heavy atom. The quantitative estimate of drug-likeness (QED) is 0.222. The molecule has 154 valence electrons. The number of hydrogen-bond acceptors (Lipinski definition) is 6. The van der Waals surface area contributed by atoms with Crippen molar-refractivity contribution >= 4 is 45.7 Å². The van der Waals surface area contributed by atoms with E-state index in [0.29, 0.717) is 22.5 Å². The lowest BCUT2D eigenvalue weighted by molar-refractivity contribution is -0.384. The van der Waals surface area contributed by atoms with Crippen LogP contribution in [0.2, 0.25) is 5.02 Å². The molecule has 10 nitrogen and oxygen atoms in total. The van der Waals surface area contributed by atoms with E-state index in [4.69, 9.17) is 11.6 Å². The van der Waals surface area contributed by atoms with Gasteiger partial charge in [-0.25, -0.2) is 0 Å². The van der Waals surface area contributed by atoms with Crippen molar-refractivity contribution in [2.24, 2.45) is 10.2 Å². The minimum atomic E-state index is -0.577. The van der Waals surface area contributed by atoms with Crippen LogP contribution in [0.15, 0.2) is 52.7 Å². The van der Waals surface area contributed by atoms with E-state index in [1.165, 1.54) is 18.2 Å². The number of nitro groups is 1. The molecule has 2 aromatic carbocycles. The number of carbonyl (C=O) groups is 2. The van der Waals surface area contributed by atoms with Crippen LogP contribution in [0.4, 0.5) is 11.4 Å². The minimum Gasteiger partial charge on any atom is -0.493 e. The van der Waals surface area contributed by atoms with E-state index in [1.54, 1.807) is 24.3 Å². The molecule has 0 atom stereocenters. The molecule has 0 aliphatic heterocycles. The molecule has 0 saturated heterocycles. The highest BCUT2D eigenvalue weighted by Gasteiger charge is 2.15. The van der Waals surface area contributed by atoms with E-state index in [0.717, 1.165) is 0 Å². The number of rotatable bonds is 7. The number of fused-ring (bicyclic) bond motifs is 1. The fourth-order valence-corrected chi connectivity index (χ4v) is 2.93. The topological polar surface area (TPSA) is 150 Å². The Bertz CT molecular complexity index is 1160. The smallest absolute Gasteiger partial charge is 0.270 e. The molecule has 11 heteroatoms. The Balaban J connectivity index is 1.57. The lowest BCUT2D eigenvalue weighted by Gasteiger charge is -2.05. The Hall–Kier alpha value is -3.79. The molecule has 0 aliphatic carbocycles. The van der Waals surface area contributed by atoms with E-state index in [-0.39, 0.29) is 41.5 Å². The van der Waals surface area contributed by atoms with Gasteiger partial charge in [0.15, 0.2) is 5.69 Å². The number of hydrogen-bond donors (Lipinski definition) is 3. The van der Waals surface area contributed by atoms with Crippen LogP contribution in [-0.4, -0.2) is 33.4 Å². The zero-order chi connectivity index (χ0) is 21.7. The molecule has 1 heterocycles. The van der Waals surface area contributed by atoms with E-state index in [9.17, 15) is 24.8 Å². The van der Waals surface area contributed by atoms with E-state index in [2.05, 4.69) is 20.5 Å². The van der Waals surface area contributed by atoms with Gasteiger partial charge in [0.1, 0.15) is 0 Å². The molecule has 0 bridgehead atoms. The van der Waals surface area contributed by atoms with Gasteiger partial charge in [-0.3, -0.25) is 19.7 Å². The number of non-ortho nitro benzene ring substituents is 1. The standard InChI is InChI=1S/C19H16ClN5O5/c20-14-5-2-1-4-12(14)18(27)21-9-3-6-16(26)23-24-17-13-10-11(25(29)30)7-8-15(13)22-19(17)28/h1-2,4-5,7-8,10,22,28H,3,6,9H2,(H,21,27). The van der Waals surface area contributed by atoms with Gasteiger partial charge in [0.05, 0.1) is 21.0 Å². The lowest BCUT2D eigenvalue weighted by Crippen LogP contribution is -2.25. The molecule has 0 saturated carbocycles. The maximum absolute atomic E-state index is 12.0. The number of aromatic nitrogens is 1. The van der Waals surface area contributed by atoms with Gasteiger partial charge in [0.2, 0.25) is 5.88 Å². The number of H-pyrrole nitrogens is 1. The second-order valence-electron chi connectivity index (χ2n) is 6.24. The fraction of sp³-hybridized carbons (Fsp3) is 0.158. The van der Waals surface area contributed by atoms with Gasteiger partial charge in [-0.15, -0.1) is 10.2 Å². The number of nitro benzene ring substituents is 1. The average molecular weight is 430 g/mol. The molecule has 3 rings (SSSR count). The Morgan fingerprint density at radius 1 is 1.23 bits per heavy atom. The second-order valence-corrected chi connectivity index (χ2v) is 6.65. The van der Waals surface area contributed by atoms with E-state index < -0.39 is 10.8 Å². The van der Waals surface area contributed by atoms with Crippen molar-refractivity contribution in [3.8, 4) is 5.88 Å². The molecule has 1 aromatic heterocycles. The molecule has 0 unspecified atom stereocenters. The van der Waals surface area contributed by atoms with Crippen molar-refractivity contribution in [2.45, 2.75) is 12.8 Å². The SMILES string of the molecule is O=C(CCCNC(=O)c1ccccc1Cl)N=Nc1c(O)[nH]c2ccc([N+](=O)[O-])cc12. The fourth-order valence-electron chi connectivity index (χ4n) is 2.70. The first kappa shape index (κ1) is 20.9. The van der Waals surface area contributed by atoms with Crippen LogP contribution in [0.1, 0.15) is 23.2 Å². The summed E-state index contributed by atoms with van der Waals surface area (Å²) in [6, 6.07) is 10.5. The lowest BCUT2D eigenvalue weighted by atomic mass is 10.2. The van der Waals surface area contributed by atoms with Crippen LogP contribution >= 0.6 is 11.6 Å². The number of nitrogens with zero attached hydrogens (tertiary/aromatic N) is 3. The zero-order valence-electron chi connectivity index (χ0n) is 15.5. The first-order valence-corrected chi connectivity index (χ1v) is 9.21. The predicted molar refractivity (Wildman–Crippen MR) is 109 cm³/mol. The zero-order valence-corrected chi connectivity index (χ0v) is 16.2. The van der Waals surface area contributed by atoms with Crippen molar-refractivity contribution in [2.75, 3.05) is 6.54 Å². The number of aromatic amines is 1. The molecule has 30 heavy (non-hydrogen) atoms. The van der Waals surface area contributed by atoms with Gasteiger partial charge in [0, 0.05) is 30.5 Å². The van der Waals surface area contributed by atoms with Gasteiger partial charge in [-0.1, -0.05) is 23.7 Å². The first-order valence-electron chi connectivity index (χ1n) is 8.83. The number of amides is 2. The molecule has 3 aromatic rings. The second kappa shape index (κ2) is 9.14. The molecule has 0 aliphatic rings.